The number of aliphatic hydroxyl groups is 1. The maximum absolute atomic E-state index is 12.0. The van der Waals surface area contributed by atoms with Crippen molar-refractivity contribution in [2.75, 3.05) is 6.61 Å². The highest BCUT2D eigenvalue weighted by atomic mass is 16.2. The molecule has 0 fully saturated rings. The molecule has 0 amide bonds. The van der Waals surface area contributed by atoms with Gasteiger partial charge in [-0.25, -0.2) is 0 Å². The van der Waals surface area contributed by atoms with E-state index >= 15 is 0 Å². The van der Waals surface area contributed by atoms with Crippen LogP contribution in [0.25, 0.3) is 6.08 Å². The van der Waals surface area contributed by atoms with Crippen LogP contribution in [-0.2, 0) is 6.42 Å². The summed E-state index contributed by atoms with van der Waals surface area (Å²) in [5.41, 5.74) is 3.07. The Morgan fingerprint density at radius 3 is 2.26 bits per heavy atom. The van der Waals surface area contributed by atoms with E-state index in [0.29, 0.717) is 12.2 Å². The largest absolute Gasteiger partial charge is 0.396 e. The van der Waals surface area contributed by atoms with Crippen LogP contribution in [0.15, 0.2) is 60.7 Å². The summed E-state index contributed by atoms with van der Waals surface area (Å²) in [5.74, 6) is 0.0264. The van der Waals surface area contributed by atoms with E-state index in [-0.39, 0.29) is 5.78 Å². The molecule has 1 N–H and O–H groups in total. The van der Waals surface area contributed by atoms with Gasteiger partial charge in [-0.1, -0.05) is 73.5 Å². The topological polar surface area (TPSA) is 37.3 Å². The zero-order valence-electron chi connectivity index (χ0n) is 13.4. The molecule has 2 rings (SSSR count). The van der Waals surface area contributed by atoms with Crippen LogP contribution in [0.5, 0.6) is 0 Å². The third-order valence-corrected chi connectivity index (χ3v) is 3.84. The minimum atomic E-state index is 0.0264. The third kappa shape index (κ3) is 6.21. The van der Waals surface area contributed by atoms with Gasteiger partial charge in [-0.2, -0.15) is 0 Å². The van der Waals surface area contributed by atoms with E-state index in [1.165, 1.54) is 5.56 Å². The lowest BCUT2D eigenvalue weighted by molar-refractivity contribution is 0.104. The SMILES string of the molecule is O=C(C=Cc1ccc(CCCCCCO)cc1)c1ccccc1. The molecule has 0 atom stereocenters. The van der Waals surface area contributed by atoms with Crippen LogP contribution in [0.4, 0.5) is 0 Å². The molecular formula is C21H24O2. The first-order valence-electron chi connectivity index (χ1n) is 8.27. The lowest BCUT2D eigenvalue weighted by Crippen LogP contribution is -1.92. The van der Waals surface area contributed by atoms with Gasteiger partial charge in [-0.15, -0.1) is 0 Å². The molecule has 0 aliphatic carbocycles. The van der Waals surface area contributed by atoms with Gasteiger partial charge < -0.3 is 5.11 Å². The summed E-state index contributed by atoms with van der Waals surface area (Å²) < 4.78 is 0. The second kappa shape index (κ2) is 9.75. The number of hydrogen-bond donors (Lipinski definition) is 1. The van der Waals surface area contributed by atoms with Crippen molar-refractivity contribution >= 4 is 11.9 Å². The highest BCUT2D eigenvalue weighted by Crippen LogP contribution is 2.11. The number of carbonyl (C=O) groups is 1. The number of aliphatic hydroxyl groups excluding tert-OH is 1. The van der Waals surface area contributed by atoms with Crippen molar-refractivity contribution in [1.82, 2.24) is 0 Å². The van der Waals surface area contributed by atoms with Gasteiger partial charge in [0.15, 0.2) is 5.78 Å². The highest BCUT2D eigenvalue weighted by molar-refractivity contribution is 6.06. The predicted molar refractivity (Wildman–Crippen MR) is 95.5 cm³/mol. The summed E-state index contributed by atoms with van der Waals surface area (Å²) >= 11 is 0. The summed E-state index contributed by atoms with van der Waals surface area (Å²) in [4.78, 5) is 12.0. The van der Waals surface area contributed by atoms with Crippen LogP contribution in [0.1, 0.15) is 47.2 Å². The van der Waals surface area contributed by atoms with Crippen molar-refractivity contribution in [3.63, 3.8) is 0 Å². The number of unbranched alkanes of at least 4 members (excludes halogenated alkanes) is 3. The molecule has 0 unspecified atom stereocenters. The Balaban J connectivity index is 1.82. The minimum Gasteiger partial charge on any atom is -0.396 e. The van der Waals surface area contributed by atoms with Crippen molar-refractivity contribution in [2.45, 2.75) is 32.1 Å². The second-order valence-corrected chi connectivity index (χ2v) is 5.69. The minimum absolute atomic E-state index is 0.0264. The lowest BCUT2D eigenvalue weighted by Gasteiger charge is -2.02. The van der Waals surface area contributed by atoms with Crippen LogP contribution in [0.2, 0.25) is 0 Å². The Hall–Kier alpha value is -2.19. The molecular weight excluding hydrogens is 284 g/mol. The van der Waals surface area contributed by atoms with E-state index in [4.69, 9.17) is 5.11 Å². The molecule has 0 spiro atoms. The normalized spacial score (nSPS) is 11.0. The van der Waals surface area contributed by atoms with Crippen LogP contribution < -0.4 is 0 Å². The van der Waals surface area contributed by atoms with Gasteiger partial charge in [0.25, 0.3) is 0 Å². The van der Waals surface area contributed by atoms with Gasteiger partial charge >= 0.3 is 0 Å². The highest BCUT2D eigenvalue weighted by Gasteiger charge is 1.99. The van der Waals surface area contributed by atoms with Crippen LogP contribution >= 0.6 is 0 Å². The Bertz CT molecular complexity index is 612. The molecule has 0 saturated carbocycles. The summed E-state index contributed by atoms with van der Waals surface area (Å²) in [6.07, 6.45) is 8.87. The van der Waals surface area contributed by atoms with Crippen molar-refractivity contribution in [3.05, 3.63) is 77.4 Å². The fourth-order valence-corrected chi connectivity index (χ4v) is 2.46. The number of aryl methyl sites for hydroxylation is 1. The summed E-state index contributed by atoms with van der Waals surface area (Å²) in [7, 11) is 0. The van der Waals surface area contributed by atoms with E-state index in [0.717, 1.165) is 37.7 Å². The third-order valence-electron chi connectivity index (χ3n) is 3.84. The van der Waals surface area contributed by atoms with Crippen molar-refractivity contribution < 1.29 is 9.90 Å². The molecule has 2 heteroatoms. The lowest BCUT2D eigenvalue weighted by atomic mass is 10.0. The Kier molecular flexibility index (Phi) is 7.28. The van der Waals surface area contributed by atoms with E-state index in [1.807, 2.05) is 36.4 Å². The molecule has 0 radical (unpaired) electrons. The van der Waals surface area contributed by atoms with Crippen molar-refractivity contribution in [3.8, 4) is 0 Å². The predicted octanol–water partition coefficient (Wildman–Crippen LogP) is 4.68. The summed E-state index contributed by atoms with van der Waals surface area (Å²) in [6, 6.07) is 17.7. The first-order chi connectivity index (χ1) is 11.3. The number of allylic oxidation sites excluding steroid dienone is 1. The van der Waals surface area contributed by atoms with Gasteiger partial charge in [-0.3, -0.25) is 4.79 Å². The standard InChI is InChI=1S/C21H24O2/c22-17-7-2-1-4-8-18-11-13-19(14-12-18)15-16-21(23)20-9-5-3-6-10-20/h3,5-6,9-16,22H,1-2,4,7-8,17H2. The molecule has 0 saturated heterocycles. The first-order valence-corrected chi connectivity index (χ1v) is 8.27. The Labute approximate surface area is 138 Å². The zero-order chi connectivity index (χ0) is 16.3. The van der Waals surface area contributed by atoms with E-state index in [1.54, 1.807) is 6.08 Å². The molecule has 0 bridgehead atoms. The first kappa shape index (κ1) is 17.2. The number of carbonyl (C=O) groups excluding carboxylic acids is 1. The Morgan fingerprint density at radius 1 is 0.870 bits per heavy atom. The smallest absolute Gasteiger partial charge is 0.185 e. The molecule has 120 valence electrons. The number of benzene rings is 2. The maximum atomic E-state index is 12.0. The molecule has 0 aliphatic heterocycles. The average molecular weight is 308 g/mol. The van der Waals surface area contributed by atoms with Gasteiger partial charge in [0, 0.05) is 12.2 Å². The van der Waals surface area contributed by atoms with E-state index in [9.17, 15) is 4.79 Å². The van der Waals surface area contributed by atoms with Crippen LogP contribution in [-0.4, -0.2) is 17.5 Å². The monoisotopic (exact) mass is 308 g/mol. The van der Waals surface area contributed by atoms with Crippen molar-refractivity contribution in [1.29, 1.82) is 0 Å². The van der Waals surface area contributed by atoms with Gasteiger partial charge in [0.2, 0.25) is 0 Å². The van der Waals surface area contributed by atoms with Gasteiger partial charge in [0.1, 0.15) is 0 Å². The molecule has 0 aliphatic rings. The molecule has 0 heterocycles. The number of hydrogen-bond acceptors (Lipinski definition) is 2. The summed E-state index contributed by atoms with van der Waals surface area (Å²) in [6.45, 7) is 0.294. The quantitative estimate of drug-likeness (QED) is 0.415. The maximum Gasteiger partial charge on any atom is 0.185 e. The number of rotatable bonds is 9. The molecule has 23 heavy (non-hydrogen) atoms. The fraction of sp³-hybridized carbons (Fsp3) is 0.286. The summed E-state index contributed by atoms with van der Waals surface area (Å²) in [5, 5.41) is 8.75. The fourth-order valence-electron chi connectivity index (χ4n) is 2.46. The Morgan fingerprint density at radius 2 is 1.57 bits per heavy atom. The average Bonchev–Trinajstić information content (AvgIpc) is 2.61. The van der Waals surface area contributed by atoms with Crippen molar-refractivity contribution in [2.24, 2.45) is 0 Å². The van der Waals surface area contributed by atoms with E-state index < -0.39 is 0 Å². The zero-order valence-corrected chi connectivity index (χ0v) is 13.4. The van der Waals surface area contributed by atoms with Crippen LogP contribution in [0, 0.1) is 0 Å². The molecule has 2 aromatic rings. The van der Waals surface area contributed by atoms with Gasteiger partial charge in [0.05, 0.1) is 0 Å². The molecule has 0 aromatic heterocycles. The molecule has 2 aromatic carbocycles. The second-order valence-electron chi connectivity index (χ2n) is 5.69. The molecule has 2 nitrogen and oxygen atoms in total. The van der Waals surface area contributed by atoms with Crippen LogP contribution in [0.3, 0.4) is 0 Å². The number of ketones is 1. The van der Waals surface area contributed by atoms with E-state index in [2.05, 4.69) is 24.3 Å². The van der Waals surface area contributed by atoms with Gasteiger partial charge in [-0.05, 0) is 36.5 Å².